The van der Waals surface area contributed by atoms with Gasteiger partial charge in [0.1, 0.15) is 11.3 Å². The van der Waals surface area contributed by atoms with E-state index in [4.69, 9.17) is 0 Å². The Morgan fingerprint density at radius 2 is 1.88 bits per heavy atom. The molecule has 9 heteroatoms. The van der Waals surface area contributed by atoms with Gasteiger partial charge in [-0.05, 0) is 25.5 Å². The molecule has 9 nitrogen and oxygen atoms in total. The summed E-state index contributed by atoms with van der Waals surface area (Å²) in [5, 5.41) is 19.2. The first-order valence-corrected chi connectivity index (χ1v) is 7.93. The average Bonchev–Trinajstić information content (AvgIpc) is 3.20. The fourth-order valence-electron chi connectivity index (χ4n) is 3.40. The van der Waals surface area contributed by atoms with Crippen molar-refractivity contribution in [3.05, 3.63) is 35.7 Å². The molecule has 1 aromatic heterocycles. The van der Waals surface area contributed by atoms with Crippen molar-refractivity contribution in [1.82, 2.24) is 20.4 Å². The fourth-order valence-corrected chi connectivity index (χ4v) is 3.40. The van der Waals surface area contributed by atoms with E-state index in [0.29, 0.717) is 11.1 Å². The van der Waals surface area contributed by atoms with Gasteiger partial charge in [0.25, 0.3) is 17.7 Å². The first kappa shape index (κ1) is 16.0. The summed E-state index contributed by atoms with van der Waals surface area (Å²) in [6.45, 7) is 1.44. The molecule has 0 bridgehead atoms. The van der Waals surface area contributed by atoms with Gasteiger partial charge in [0.05, 0.1) is 17.3 Å². The van der Waals surface area contributed by atoms with Gasteiger partial charge in [-0.2, -0.15) is 5.10 Å². The largest absolute Gasteiger partial charge is 0.506 e. The van der Waals surface area contributed by atoms with Gasteiger partial charge in [0.2, 0.25) is 5.91 Å². The molecule has 1 atom stereocenters. The minimum Gasteiger partial charge on any atom is -0.506 e. The smallest absolute Gasteiger partial charge is 0.266 e. The van der Waals surface area contributed by atoms with E-state index in [1.54, 1.807) is 6.20 Å². The maximum absolute atomic E-state index is 12.9. The number of carbonyl (C=O) groups is 4. The van der Waals surface area contributed by atoms with Crippen LogP contribution in [0.25, 0.3) is 11.1 Å². The molecule has 2 aliphatic rings. The van der Waals surface area contributed by atoms with Crippen LogP contribution in [-0.2, 0) is 9.59 Å². The number of phenols is 1. The number of phenolic OH excluding ortho intramolecular Hbond substituents is 1. The summed E-state index contributed by atoms with van der Waals surface area (Å²) in [5.74, 6) is -2.95. The highest BCUT2D eigenvalue weighted by atomic mass is 16.3. The number of hydrogen-bond donors (Lipinski definition) is 3. The van der Waals surface area contributed by atoms with Crippen LogP contribution in [0, 0.1) is 0 Å². The molecule has 1 saturated heterocycles. The summed E-state index contributed by atoms with van der Waals surface area (Å²) < 4.78 is 0. The number of rotatable bonds is 2. The summed E-state index contributed by atoms with van der Waals surface area (Å²) in [4.78, 5) is 50.3. The van der Waals surface area contributed by atoms with Crippen molar-refractivity contribution in [2.75, 3.05) is 0 Å². The van der Waals surface area contributed by atoms with E-state index in [1.165, 1.54) is 25.3 Å². The van der Waals surface area contributed by atoms with Crippen molar-refractivity contribution in [2.45, 2.75) is 25.3 Å². The van der Waals surface area contributed by atoms with Crippen LogP contribution in [0.15, 0.2) is 24.5 Å². The van der Waals surface area contributed by atoms with Crippen molar-refractivity contribution in [2.24, 2.45) is 0 Å². The van der Waals surface area contributed by atoms with Crippen LogP contribution < -0.4 is 5.32 Å². The number of piperidine rings is 1. The summed E-state index contributed by atoms with van der Waals surface area (Å²) in [7, 11) is 0. The summed E-state index contributed by atoms with van der Waals surface area (Å²) >= 11 is 0. The minimum atomic E-state index is -1.50. The van der Waals surface area contributed by atoms with Crippen molar-refractivity contribution < 1.29 is 24.3 Å². The number of H-pyrrole nitrogens is 1. The molecule has 132 valence electrons. The molecule has 0 spiro atoms. The highest BCUT2D eigenvalue weighted by Gasteiger charge is 2.53. The van der Waals surface area contributed by atoms with E-state index >= 15 is 0 Å². The van der Waals surface area contributed by atoms with Crippen molar-refractivity contribution in [3.8, 4) is 16.9 Å². The number of nitrogens with zero attached hydrogens (tertiary/aromatic N) is 2. The molecule has 3 heterocycles. The molecule has 4 rings (SSSR count). The van der Waals surface area contributed by atoms with Crippen molar-refractivity contribution >= 4 is 23.6 Å². The Kier molecular flexibility index (Phi) is 3.23. The minimum absolute atomic E-state index is 0.0158. The van der Waals surface area contributed by atoms with Gasteiger partial charge in [-0.3, -0.25) is 34.5 Å². The van der Waals surface area contributed by atoms with Gasteiger partial charge in [0.15, 0.2) is 0 Å². The summed E-state index contributed by atoms with van der Waals surface area (Å²) in [5.41, 5.74) is -0.737. The van der Waals surface area contributed by atoms with Crippen molar-refractivity contribution in [1.29, 1.82) is 0 Å². The van der Waals surface area contributed by atoms with Gasteiger partial charge < -0.3 is 5.11 Å². The lowest BCUT2D eigenvalue weighted by Gasteiger charge is -2.38. The second-order valence-corrected chi connectivity index (χ2v) is 6.47. The first-order chi connectivity index (χ1) is 12.3. The molecule has 0 unspecified atom stereocenters. The molecule has 4 amide bonds. The number of amides is 4. The molecule has 2 aliphatic heterocycles. The number of aromatic amines is 1. The highest BCUT2D eigenvalue weighted by molar-refractivity contribution is 6.25. The topological polar surface area (TPSA) is 132 Å². The van der Waals surface area contributed by atoms with E-state index < -0.39 is 29.2 Å². The first-order valence-electron chi connectivity index (χ1n) is 7.93. The van der Waals surface area contributed by atoms with Crippen LogP contribution in [0.3, 0.4) is 0 Å². The maximum Gasteiger partial charge on any atom is 0.266 e. The third-order valence-corrected chi connectivity index (χ3v) is 4.91. The highest BCUT2D eigenvalue weighted by Crippen LogP contribution is 2.41. The number of aromatic nitrogens is 2. The van der Waals surface area contributed by atoms with E-state index in [2.05, 4.69) is 15.5 Å². The molecule has 0 saturated carbocycles. The van der Waals surface area contributed by atoms with Crippen LogP contribution in [0.2, 0.25) is 0 Å². The molecule has 0 radical (unpaired) electrons. The van der Waals surface area contributed by atoms with E-state index in [0.717, 1.165) is 4.90 Å². The Hall–Kier alpha value is -3.49. The molecule has 2 aromatic rings. The van der Waals surface area contributed by atoms with Crippen LogP contribution >= 0.6 is 0 Å². The molecule has 1 aromatic carbocycles. The molecule has 26 heavy (non-hydrogen) atoms. The number of hydrogen-bond acceptors (Lipinski definition) is 6. The SMILES string of the molecule is C[C@@]1(N2C(=O)c3ccc(-c4cn[nH]c4)c(O)c3C2=O)CCC(=O)NC1=O. The standard InChI is InChI=1S/C17H14N4O5/c1-17(5-4-11(22)20-16(17)26)21-14(24)10-3-2-9(8-6-18-19-7-8)13(23)12(10)15(21)25/h2-3,6-7,23H,4-5H2,1H3,(H,18,19)(H,20,22,26)/t17-/m1/s1. The Balaban J connectivity index is 1.81. The molecule has 0 aliphatic carbocycles. The lowest BCUT2D eigenvalue weighted by atomic mass is 9.89. The number of nitrogens with one attached hydrogen (secondary N) is 2. The van der Waals surface area contributed by atoms with Gasteiger partial charge in [-0.15, -0.1) is 0 Å². The zero-order chi connectivity index (χ0) is 18.6. The average molecular weight is 354 g/mol. The normalized spacial score (nSPS) is 22.6. The van der Waals surface area contributed by atoms with Gasteiger partial charge in [0, 0.05) is 23.7 Å². The fraction of sp³-hybridized carbons (Fsp3) is 0.235. The maximum atomic E-state index is 12.9. The lowest BCUT2D eigenvalue weighted by molar-refractivity contribution is -0.140. The van der Waals surface area contributed by atoms with Crippen LogP contribution in [-0.4, -0.2) is 49.4 Å². The summed E-state index contributed by atoms with van der Waals surface area (Å²) in [6.07, 6.45) is 3.06. The second-order valence-electron chi connectivity index (χ2n) is 6.47. The van der Waals surface area contributed by atoms with E-state index in [1.807, 2.05) is 0 Å². The molecule has 3 N–H and O–H groups in total. The zero-order valence-corrected chi connectivity index (χ0v) is 13.7. The number of aromatic hydroxyl groups is 1. The Labute approximate surface area is 147 Å². The van der Waals surface area contributed by atoms with E-state index in [9.17, 15) is 24.3 Å². The van der Waals surface area contributed by atoms with Crippen LogP contribution in [0.1, 0.15) is 40.5 Å². The third kappa shape index (κ3) is 2.00. The van der Waals surface area contributed by atoms with Gasteiger partial charge in [-0.25, -0.2) is 0 Å². The Morgan fingerprint density at radius 3 is 2.54 bits per heavy atom. The number of fused-ring (bicyclic) bond motifs is 1. The van der Waals surface area contributed by atoms with Crippen LogP contribution in [0.4, 0.5) is 0 Å². The molecular weight excluding hydrogens is 340 g/mol. The van der Waals surface area contributed by atoms with Crippen molar-refractivity contribution in [3.63, 3.8) is 0 Å². The molecular formula is C17H14N4O5. The monoisotopic (exact) mass is 354 g/mol. The predicted octanol–water partition coefficient (Wildman–Crippen LogP) is 0.574. The van der Waals surface area contributed by atoms with Gasteiger partial charge >= 0.3 is 0 Å². The third-order valence-electron chi connectivity index (χ3n) is 4.91. The van der Waals surface area contributed by atoms with Gasteiger partial charge in [-0.1, -0.05) is 0 Å². The molecule has 1 fully saturated rings. The van der Waals surface area contributed by atoms with E-state index in [-0.39, 0.29) is 29.7 Å². The lowest BCUT2D eigenvalue weighted by Crippen LogP contribution is -2.62. The quantitative estimate of drug-likeness (QED) is 0.676. The predicted molar refractivity (Wildman–Crippen MR) is 87.0 cm³/mol. The number of imide groups is 2. The second kappa shape index (κ2) is 5.25. The summed E-state index contributed by atoms with van der Waals surface area (Å²) in [6, 6.07) is 2.95. The number of carbonyl (C=O) groups excluding carboxylic acids is 4. The van der Waals surface area contributed by atoms with Crippen LogP contribution in [0.5, 0.6) is 5.75 Å². The Bertz CT molecular complexity index is 981. The Morgan fingerprint density at radius 1 is 1.15 bits per heavy atom. The zero-order valence-electron chi connectivity index (χ0n) is 13.7. The number of benzene rings is 1.